The highest BCUT2D eigenvalue weighted by Gasteiger charge is 2.26. The van der Waals surface area contributed by atoms with Crippen molar-refractivity contribution in [2.24, 2.45) is 5.92 Å². The van der Waals surface area contributed by atoms with Crippen LogP contribution in [0.4, 0.5) is 0 Å². The van der Waals surface area contributed by atoms with E-state index in [9.17, 15) is 18.3 Å². The monoisotopic (exact) mass is 326 g/mol. The third-order valence-electron chi connectivity index (χ3n) is 4.23. The van der Waals surface area contributed by atoms with Gasteiger partial charge >= 0.3 is 5.97 Å². The van der Waals surface area contributed by atoms with Crippen LogP contribution >= 0.6 is 0 Å². The maximum atomic E-state index is 11.8. The molecule has 1 aromatic rings. The fraction of sp³-hybridized carbons (Fsp3) is 0.562. The molecule has 2 rings (SSSR count). The first kappa shape index (κ1) is 17.0. The van der Waals surface area contributed by atoms with Crippen LogP contribution in [-0.2, 0) is 19.4 Å². The van der Waals surface area contributed by atoms with Crippen LogP contribution in [0, 0.1) is 5.92 Å². The predicted molar refractivity (Wildman–Crippen MR) is 82.7 cm³/mol. The molecule has 1 aromatic carbocycles. The van der Waals surface area contributed by atoms with E-state index in [1.807, 2.05) is 0 Å². The molecule has 0 bridgehead atoms. The minimum absolute atomic E-state index is 0.0385. The van der Waals surface area contributed by atoms with Crippen molar-refractivity contribution in [2.75, 3.05) is 19.0 Å². The second-order valence-corrected chi connectivity index (χ2v) is 7.93. The Labute approximate surface area is 131 Å². The van der Waals surface area contributed by atoms with Gasteiger partial charge in [0.15, 0.2) is 9.84 Å². The molecule has 0 aliphatic carbocycles. The number of rotatable bonds is 6. The number of carboxylic acid groups (broad SMARTS) is 1. The molecule has 1 heterocycles. The number of carboxylic acids is 1. The molecule has 0 aromatic heterocycles. The molecule has 1 aliphatic rings. The van der Waals surface area contributed by atoms with Gasteiger partial charge in [0.1, 0.15) is 0 Å². The lowest BCUT2D eigenvalue weighted by molar-refractivity contribution is -0.139. The summed E-state index contributed by atoms with van der Waals surface area (Å²) < 4.78 is 28.9. The summed E-state index contributed by atoms with van der Waals surface area (Å²) in [5.41, 5.74) is 0.661. The average molecular weight is 326 g/mol. The Morgan fingerprint density at radius 1 is 1.27 bits per heavy atom. The average Bonchev–Trinajstić information content (AvgIpc) is 2.53. The Morgan fingerprint density at radius 2 is 1.86 bits per heavy atom. The van der Waals surface area contributed by atoms with Crippen molar-refractivity contribution in [1.29, 1.82) is 0 Å². The zero-order valence-electron chi connectivity index (χ0n) is 12.7. The maximum Gasteiger partial charge on any atom is 0.310 e. The van der Waals surface area contributed by atoms with Crippen molar-refractivity contribution in [3.05, 3.63) is 29.8 Å². The van der Waals surface area contributed by atoms with E-state index in [4.69, 9.17) is 4.74 Å². The predicted octanol–water partition coefficient (Wildman–Crippen LogP) is 2.47. The van der Waals surface area contributed by atoms with E-state index < -0.39 is 21.7 Å². The van der Waals surface area contributed by atoms with Gasteiger partial charge in [-0.15, -0.1) is 0 Å². The molecule has 122 valence electrons. The molecule has 1 fully saturated rings. The molecule has 22 heavy (non-hydrogen) atoms. The highest BCUT2D eigenvalue weighted by atomic mass is 32.2. The van der Waals surface area contributed by atoms with Crippen LogP contribution in [0.1, 0.15) is 37.7 Å². The highest BCUT2D eigenvalue weighted by Crippen LogP contribution is 2.30. The molecule has 1 atom stereocenters. The van der Waals surface area contributed by atoms with Crippen LogP contribution in [0.2, 0.25) is 0 Å². The zero-order chi connectivity index (χ0) is 16.2. The maximum absolute atomic E-state index is 11.8. The van der Waals surface area contributed by atoms with Gasteiger partial charge in [-0.3, -0.25) is 4.79 Å². The van der Waals surface area contributed by atoms with Crippen molar-refractivity contribution < 1.29 is 23.1 Å². The van der Waals surface area contributed by atoms with Gasteiger partial charge in [-0.1, -0.05) is 19.1 Å². The van der Waals surface area contributed by atoms with E-state index in [0.29, 0.717) is 31.1 Å². The zero-order valence-corrected chi connectivity index (χ0v) is 13.5. The molecule has 0 unspecified atom stereocenters. The van der Waals surface area contributed by atoms with Gasteiger partial charge in [0.2, 0.25) is 0 Å². The van der Waals surface area contributed by atoms with E-state index in [1.54, 1.807) is 19.1 Å². The first-order valence-corrected chi connectivity index (χ1v) is 9.22. The Balaban J connectivity index is 2.16. The van der Waals surface area contributed by atoms with Crippen LogP contribution in [0.5, 0.6) is 0 Å². The quantitative estimate of drug-likeness (QED) is 0.868. The standard InChI is InChI=1S/C16H22O5S/c1-2-22(19,20)14-5-3-13(4-6-14)15(16(17)18)11-12-7-9-21-10-8-12/h3-6,12,15H,2,7-11H2,1H3,(H,17,18)/t15-/m1/s1. The summed E-state index contributed by atoms with van der Waals surface area (Å²) >= 11 is 0. The molecule has 0 saturated carbocycles. The summed E-state index contributed by atoms with van der Waals surface area (Å²) in [5.74, 6) is -1.08. The summed E-state index contributed by atoms with van der Waals surface area (Å²) in [5, 5.41) is 9.48. The number of aliphatic carboxylic acids is 1. The Kier molecular flexibility index (Phi) is 5.58. The Hall–Kier alpha value is -1.40. The molecular weight excluding hydrogens is 304 g/mol. The van der Waals surface area contributed by atoms with Gasteiger partial charge in [0, 0.05) is 13.2 Å². The third-order valence-corrected chi connectivity index (χ3v) is 5.98. The molecule has 1 aliphatic heterocycles. The van der Waals surface area contributed by atoms with Crippen molar-refractivity contribution >= 4 is 15.8 Å². The fourth-order valence-electron chi connectivity index (χ4n) is 2.77. The molecule has 6 heteroatoms. The lowest BCUT2D eigenvalue weighted by Crippen LogP contribution is -2.21. The lowest BCUT2D eigenvalue weighted by atomic mass is 9.85. The number of hydrogen-bond acceptors (Lipinski definition) is 4. The molecular formula is C16H22O5S. The van der Waals surface area contributed by atoms with E-state index >= 15 is 0 Å². The number of ether oxygens (including phenoxy) is 1. The number of carbonyl (C=O) groups is 1. The molecule has 0 spiro atoms. The van der Waals surface area contributed by atoms with E-state index in [0.717, 1.165) is 12.8 Å². The van der Waals surface area contributed by atoms with Gasteiger partial charge in [-0.05, 0) is 42.9 Å². The smallest absolute Gasteiger partial charge is 0.310 e. The normalized spacial score (nSPS) is 18.0. The number of benzene rings is 1. The Bertz CT molecular complexity index is 600. The molecule has 0 amide bonds. The minimum atomic E-state index is -3.25. The second-order valence-electron chi connectivity index (χ2n) is 5.65. The van der Waals surface area contributed by atoms with E-state index in [2.05, 4.69) is 0 Å². The summed E-state index contributed by atoms with van der Waals surface area (Å²) in [7, 11) is -3.25. The SMILES string of the molecule is CCS(=O)(=O)c1ccc([C@@H](CC2CCOCC2)C(=O)O)cc1. The van der Waals surface area contributed by atoms with Gasteiger partial charge in [0.05, 0.1) is 16.6 Å². The minimum Gasteiger partial charge on any atom is -0.481 e. The van der Waals surface area contributed by atoms with Gasteiger partial charge < -0.3 is 9.84 Å². The van der Waals surface area contributed by atoms with Crippen LogP contribution in [0.3, 0.4) is 0 Å². The summed E-state index contributed by atoms with van der Waals surface area (Å²) in [6.45, 7) is 2.96. The van der Waals surface area contributed by atoms with Crippen molar-refractivity contribution in [1.82, 2.24) is 0 Å². The van der Waals surface area contributed by atoms with Crippen LogP contribution in [0.25, 0.3) is 0 Å². The highest BCUT2D eigenvalue weighted by molar-refractivity contribution is 7.91. The van der Waals surface area contributed by atoms with Gasteiger partial charge in [0.25, 0.3) is 0 Å². The third kappa shape index (κ3) is 4.08. The first-order chi connectivity index (χ1) is 10.4. The van der Waals surface area contributed by atoms with Crippen LogP contribution in [0.15, 0.2) is 29.2 Å². The van der Waals surface area contributed by atoms with Crippen molar-refractivity contribution in [3.63, 3.8) is 0 Å². The number of sulfone groups is 1. The number of hydrogen-bond donors (Lipinski definition) is 1. The first-order valence-electron chi connectivity index (χ1n) is 7.57. The molecule has 1 N–H and O–H groups in total. The Morgan fingerprint density at radius 3 is 2.36 bits per heavy atom. The van der Waals surface area contributed by atoms with Crippen LogP contribution in [-0.4, -0.2) is 38.5 Å². The van der Waals surface area contributed by atoms with Gasteiger partial charge in [-0.2, -0.15) is 0 Å². The molecule has 5 nitrogen and oxygen atoms in total. The van der Waals surface area contributed by atoms with E-state index in [1.165, 1.54) is 12.1 Å². The van der Waals surface area contributed by atoms with Crippen LogP contribution < -0.4 is 0 Å². The largest absolute Gasteiger partial charge is 0.481 e. The topological polar surface area (TPSA) is 80.7 Å². The van der Waals surface area contributed by atoms with Crippen molar-refractivity contribution in [2.45, 2.75) is 37.0 Å². The lowest BCUT2D eigenvalue weighted by Gasteiger charge is -2.25. The summed E-state index contributed by atoms with van der Waals surface area (Å²) in [4.78, 5) is 11.8. The summed E-state index contributed by atoms with van der Waals surface area (Å²) in [6, 6.07) is 6.27. The fourth-order valence-corrected chi connectivity index (χ4v) is 3.65. The van der Waals surface area contributed by atoms with Crippen molar-refractivity contribution in [3.8, 4) is 0 Å². The summed E-state index contributed by atoms with van der Waals surface area (Å²) in [6.07, 6.45) is 2.33. The van der Waals surface area contributed by atoms with E-state index in [-0.39, 0.29) is 10.6 Å². The molecule has 1 saturated heterocycles. The second kappa shape index (κ2) is 7.24. The van der Waals surface area contributed by atoms with Gasteiger partial charge in [-0.25, -0.2) is 8.42 Å². The molecule has 0 radical (unpaired) electrons.